The van der Waals surface area contributed by atoms with Gasteiger partial charge in [-0.2, -0.15) is 0 Å². The number of rotatable bonds is 6. The molecular weight excluding hydrogens is 371 g/mol. The van der Waals surface area contributed by atoms with Crippen LogP contribution < -0.4 is 0 Å². The summed E-state index contributed by atoms with van der Waals surface area (Å²) in [6, 6.07) is 2.27. The molecular formula is C18H43IN2. The normalized spacial score (nSPS) is 20.6. The fourth-order valence-corrected chi connectivity index (χ4v) is 2.89. The van der Waals surface area contributed by atoms with E-state index in [0.717, 1.165) is 12.1 Å². The van der Waals surface area contributed by atoms with Crippen LogP contribution in [0.15, 0.2) is 0 Å². The third kappa shape index (κ3) is 10.9. The second-order valence-electron chi connectivity index (χ2n) is 5.66. The lowest BCUT2D eigenvalue weighted by Gasteiger charge is -2.33. The van der Waals surface area contributed by atoms with Gasteiger partial charge in [0.1, 0.15) is 0 Å². The van der Waals surface area contributed by atoms with E-state index in [2.05, 4.69) is 44.7 Å². The molecule has 0 aromatic rings. The summed E-state index contributed by atoms with van der Waals surface area (Å²) in [5.74, 6) is 0. The lowest BCUT2D eigenvalue weighted by atomic mass is 10.0. The number of hydrogen-bond acceptors (Lipinski definition) is 2. The summed E-state index contributed by atoms with van der Waals surface area (Å²) < 4.78 is 0. The average Bonchev–Trinajstić information content (AvgIpc) is 2.88. The summed E-state index contributed by atoms with van der Waals surface area (Å²) in [4.78, 5) is 5.10. The summed E-state index contributed by atoms with van der Waals surface area (Å²) in [5, 5.41) is 0. The van der Waals surface area contributed by atoms with Crippen molar-refractivity contribution >= 4 is 24.0 Å². The third-order valence-electron chi connectivity index (χ3n) is 4.38. The number of likely N-dealkylation sites (tertiary alicyclic amines) is 1. The van der Waals surface area contributed by atoms with Crippen molar-refractivity contribution in [3.8, 4) is 0 Å². The number of hydrogen-bond donors (Lipinski definition) is 0. The molecule has 1 rings (SSSR count). The van der Waals surface area contributed by atoms with Crippen LogP contribution in [0.2, 0.25) is 0 Å². The summed E-state index contributed by atoms with van der Waals surface area (Å²) in [5.41, 5.74) is 0. The Hall–Kier alpha value is 0.650. The van der Waals surface area contributed by atoms with Gasteiger partial charge in [0.05, 0.1) is 0 Å². The molecule has 0 aliphatic carbocycles. The van der Waals surface area contributed by atoms with Gasteiger partial charge in [0.2, 0.25) is 0 Å². The summed E-state index contributed by atoms with van der Waals surface area (Å²) in [7, 11) is 4.57. The Balaban J connectivity index is -0.000000595. The Morgan fingerprint density at radius 2 is 1.62 bits per heavy atom. The number of nitrogens with zero attached hydrogens (tertiary/aromatic N) is 2. The van der Waals surface area contributed by atoms with Gasteiger partial charge >= 0.3 is 0 Å². The average molecular weight is 414 g/mol. The molecule has 1 saturated heterocycles. The van der Waals surface area contributed by atoms with E-state index in [9.17, 15) is 0 Å². The van der Waals surface area contributed by atoms with Gasteiger partial charge in [0, 0.05) is 18.1 Å². The zero-order valence-corrected chi connectivity index (χ0v) is 18.6. The highest BCUT2D eigenvalue weighted by atomic mass is 127. The summed E-state index contributed by atoms with van der Waals surface area (Å²) in [6.45, 7) is 16.3. The molecule has 0 saturated carbocycles. The Kier molecular flexibility index (Phi) is 21.5. The quantitative estimate of drug-likeness (QED) is 0.518. The molecule has 3 heteroatoms. The minimum atomic E-state index is 0. The van der Waals surface area contributed by atoms with Crippen LogP contribution >= 0.6 is 24.0 Å². The summed E-state index contributed by atoms with van der Waals surface area (Å²) >= 11 is 0. The van der Waals surface area contributed by atoms with Gasteiger partial charge in [-0.1, -0.05) is 41.0 Å². The smallest absolute Gasteiger partial charge is 0.0107 e. The molecule has 21 heavy (non-hydrogen) atoms. The van der Waals surface area contributed by atoms with Crippen molar-refractivity contribution in [1.29, 1.82) is 0 Å². The van der Waals surface area contributed by atoms with Gasteiger partial charge in [-0.25, -0.2) is 0 Å². The summed E-state index contributed by atoms with van der Waals surface area (Å²) in [6.07, 6.45) is 6.74. The van der Waals surface area contributed by atoms with Crippen molar-refractivity contribution in [3.05, 3.63) is 0 Å². The first-order valence-corrected chi connectivity index (χ1v) is 8.98. The van der Waals surface area contributed by atoms with Gasteiger partial charge in [0.15, 0.2) is 0 Å². The monoisotopic (exact) mass is 414 g/mol. The van der Waals surface area contributed by atoms with Crippen molar-refractivity contribution in [2.45, 2.75) is 98.7 Å². The van der Waals surface area contributed by atoms with Crippen LogP contribution in [0.5, 0.6) is 0 Å². The highest BCUT2D eigenvalue weighted by Gasteiger charge is 2.25. The predicted molar refractivity (Wildman–Crippen MR) is 110 cm³/mol. The predicted octanol–water partition coefficient (Wildman–Crippen LogP) is 5.65. The van der Waals surface area contributed by atoms with Gasteiger partial charge in [-0.05, 0) is 60.2 Å². The molecule has 132 valence electrons. The maximum Gasteiger partial charge on any atom is 0.0107 e. The Morgan fingerprint density at radius 1 is 1.10 bits per heavy atom. The maximum absolute atomic E-state index is 2.57. The molecule has 0 amide bonds. The van der Waals surface area contributed by atoms with E-state index < -0.39 is 0 Å². The molecule has 0 aromatic carbocycles. The Morgan fingerprint density at radius 3 is 2.00 bits per heavy atom. The largest absolute Gasteiger partial charge is 0.303 e. The molecule has 0 radical (unpaired) electrons. The molecule has 0 N–H and O–H groups in total. The van der Waals surface area contributed by atoms with Gasteiger partial charge in [-0.15, -0.1) is 24.0 Å². The standard InChI is InChI=1S/C14H30N2.2C2H6.HI/c1-6-8-12(2)16(5)13(3)11-14-9-7-10-15(14)4;2*1-2;/h12-14H,6-11H2,1-5H3;2*1-2H3;1H. The van der Waals surface area contributed by atoms with E-state index in [1.807, 2.05) is 27.7 Å². The van der Waals surface area contributed by atoms with Crippen LogP contribution in [0.4, 0.5) is 0 Å². The van der Waals surface area contributed by atoms with Crippen LogP contribution in [0, 0.1) is 0 Å². The first kappa shape index (κ1) is 26.5. The third-order valence-corrected chi connectivity index (χ3v) is 4.38. The molecule has 0 bridgehead atoms. The highest BCUT2D eigenvalue weighted by molar-refractivity contribution is 14.0. The van der Waals surface area contributed by atoms with Crippen molar-refractivity contribution in [1.82, 2.24) is 9.80 Å². The van der Waals surface area contributed by atoms with Crippen LogP contribution in [0.1, 0.15) is 80.6 Å². The fraction of sp³-hybridized carbons (Fsp3) is 1.00. The lowest BCUT2D eigenvalue weighted by molar-refractivity contribution is 0.150. The van der Waals surface area contributed by atoms with Crippen LogP contribution in [0.3, 0.4) is 0 Å². The van der Waals surface area contributed by atoms with Crippen LogP contribution in [-0.2, 0) is 0 Å². The second kappa shape index (κ2) is 17.0. The van der Waals surface area contributed by atoms with E-state index in [0.29, 0.717) is 6.04 Å². The Labute approximate surface area is 153 Å². The van der Waals surface area contributed by atoms with E-state index in [4.69, 9.17) is 0 Å². The fourth-order valence-electron chi connectivity index (χ4n) is 2.89. The Bertz CT molecular complexity index is 200. The van der Waals surface area contributed by atoms with Crippen molar-refractivity contribution in [2.75, 3.05) is 20.6 Å². The molecule has 1 aliphatic rings. The second-order valence-corrected chi connectivity index (χ2v) is 5.66. The van der Waals surface area contributed by atoms with Gasteiger partial charge in [0.25, 0.3) is 0 Å². The molecule has 1 fully saturated rings. The molecule has 1 heterocycles. The molecule has 0 aromatic heterocycles. The SMILES string of the molecule is CC.CC.CCCC(C)N(C)C(C)CC1CCCN1C.I. The molecule has 2 nitrogen and oxygen atoms in total. The molecule has 1 aliphatic heterocycles. The van der Waals surface area contributed by atoms with Crippen LogP contribution in [-0.4, -0.2) is 48.6 Å². The van der Waals surface area contributed by atoms with Gasteiger partial charge < -0.3 is 9.80 Å². The molecule has 3 unspecified atom stereocenters. The first-order valence-electron chi connectivity index (χ1n) is 8.98. The van der Waals surface area contributed by atoms with E-state index in [1.54, 1.807) is 0 Å². The van der Waals surface area contributed by atoms with Crippen molar-refractivity contribution in [3.63, 3.8) is 0 Å². The topological polar surface area (TPSA) is 6.48 Å². The van der Waals surface area contributed by atoms with Crippen molar-refractivity contribution < 1.29 is 0 Å². The van der Waals surface area contributed by atoms with E-state index in [1.165, 1.54) is 38.6 Å². The minimum absolute atomic E-state index is 0. The zero-order chi connectivity index (χ0) is 16.1. The maximum atomic E-state index is 2.57. The van der Waals surface area contributed by atoms with Gasteiger partial charge in [-0.3, -0.25) is 0 Å². The van der Waals surface area contributed by atoms with E-state index >= 15 is 0 Å². The number of halogens is 1. The highest BCUT2D eigenvalue weighted by Crippen LogP contribution is 2.22. The lowest BCUT2D eigenvalue weighted by Crippen LogP contribution is -2.40. The minimum Gasteiger partial charge on any atom is -0.303 e. The molecule has 3 atom stereocenters. The molecule has 0 spiro atoms. The van der Waals surface area contributed by atoms with E-state index in [-0.39, 0.29) is 24.0 Å². The first-order chi connectivity index (χ1) is 9.56. The van der Waals surface area contributed by atoms with Crippen LogP contribution in [0.25, 0.3) is 0 Å². The zero-order valence-electron chi connectivity index (χ0n) is 16.3. The van der Waals surface area contributed by atoms with Crippen molar-refractivity contribution in [2.24, 2.45) is 0 Å².